The van der Waals surface area contributed by atoms with Crippen molar-refractivity contribution in [1.82, 2.24) is 0 Å². The van der Waals surface area contributed by atoms with E-state index in [9.17, 15) is 0 Å². The van der Waals surface area contributed by atoms with Gasteiger partial charge in [0.1, 0.15) is 0 Å². The van der Waals surface area contributed by atoms with Gasteiger partial charge in [0, 0.05) is 18.8 Å². The standard InChI is InChI=1S/C11H17ClN2O2/c1-8-6-9(12)11(14-3-5-16)7-10(8)13-2-4-15/h6-7,13-16H,2-5H2,1H3. The Kier molecular flexibility index (Phi) is 5.38. The number of aryl methyl sites for hydroxylation is 1. The Morgan fingerprint density at radius 1 is 1.06 bits per heavy atom. The largest absolute Gasteiger partial charge is 0.395 e. The minimum absolute atomic E-state index is 0.0591. The fourth-order valence-electron chi connectivity index (χ4n) is 1.38. The number of nitrogens with one attached hydrogen (secondary N) is 2. The van der Waals surface area contributed by atoms with Crippen LogP contribution in [0.2, 0.25) is 5.02 Å². The van der Waals surface area contributed by atoms with Gasteiger partial charge in [-0.25, -0.2) is 0 Å². The van der Waals surface area contributed by atoms with Crippen molar-refractivity contribution in [2.45, 2.75) is 6.92 Å². The highest BCUT2D eigenvalue weighted by Crippen LogP contribution is 2.28. The third-order valence-corrected chi connectivity index (χ3v) is 2.48. The molecule has 4 N–H and O–H groups in total. The van der Waals surface area contributed by atoms with Crippen molar-refractivity contribution in [2.24, 2.45) is 0 Å². The van der Waals surface area contributed by atoms with Crippen molar-refractivity contribution in [2.75, 3.05) is 36.9 Å². The van der Waals surface area contributed by atoms with Gasteiger partial charge in [-0.2, -0.15) is 0 Å². The summed E-state index contributed by atoms with van der Waals surface area (Å²) in [7, 11) is 0. The van der Waals surface area contributed by atoms with Gasteiger partial charge >= 0.3 is 0 Å². The van der Waals surface area contributed by atoms with Crippen LogP contribution in [0, 0.1) is 6.92 Å². The highest BCUT2D eigenvalue weighted by Gasteiger charge is 2.05. The molecule has 1 rings (SSSR count). The molecule has 5 heteroatoms. The van der Waals surface area contributed by atoms with Crippen LogP contribution < -0.4 is 10.6 Å². The third kappa shape index (κ3) is 3.56. The molecule has 0 aliphatic heterocycles. The van der Waals surface area contributed by atoms with E-state index in [0.29, 0.717) is 18.1 Å². The first-order valence-electron chi connectivity index (χ1n) is 5.18. The van der Waals surface area contributed by atoms with Crippen LogP contribution in [-0.2, 0) is 0 Å². The zero-order valence-corrected chi connectivity index (χ0v) is 10.0. The van der Waals surface area contributed by atoms with Crippen molar-refractivity contribution in [3.05, 3.63) is 22.7 Å². The second kappa shape index (κ2) is 6.58. The predicted octanol–water partition coefficient (Wildman–Crippen LogP) is 1.46. The van der Waals surface area contributed by atoms with Crippen LogP contribution in [0.5, 0.6) is 0 Å². The normalized spacial score (nSPS) is 10.2. The Balaban J connectivity index is 2.83. The van der Waals surface area contributed by atoms with Crippen molar-refractivity contribution in [1.29, 1.82) is 0 Å². The molecule has 0 heterocycles. The maximum absolute atomic E-state index is 8.75. The van der Waals surface area contributed by atoms with E-state index in [0.717, 1.165) is 16.9 Å². The number of benzene rings is 1. The summed E-state index contributed by atoms with van der Waals surface area (Å²) in [5.41, 5.74) is 2.73. The van der Waals surface area contributed by atoms with E-state index in [1.165, 1.54) is 0 Å². The summed E-state index contributed by atoms with van der Waals surface area (Å²) in [4.78, 5) is 0. The number of aliphatic hydroxyl groups is 2. The molecule has 0 unspecified atom stereocenters. The minimum atomic E-state index is 0.0591. The van der Waals surface area contributed by atoms with Gasteiger partial charge in [-0.3, -0.25) is 0 Å². The number of hydrogen-bond acceptors (Lipinski definition) is 4. The second-order valence-electron chi connectivity index (χ2n) is 3.45. The van der Waals surface area contributed by atoms with Gasteiger partial charge in [-0.15, -0.1) is 0 Å². The quantitative estimate of drug-likeness (QED) is 0.612. The van der Waals surface area contributed by atoms with Crippen molar-refractivity contribution in [3.63, 3.8) is 0 Å². The molecular formula is C11H17ClN2O2. The highest BCUT2D eigenvalue weighted by molar-refractivity contribution is 6.33. The maximum Gasteiger partial charge on any atom is 0.0641 e. The molecule has 0 spiro atoms. The first-order valence-corrected chi connectivity index (χ1v) is 5.56. The molecule has 0 atom stereocenters. The Morgan fingerprint density at radius 2 is 1.62 bits per heavy atom. The Bertz CT molecular complexity index is 316. The number of hydrogen-bond donors (Lipinski definition) is 4. The van der Waals surface area contributed by atoms with E-state index < -0.39 is 0 Å². The molecule has 0 aliphatic carbocycles. The van der Waals surface area contributed by atoms with E-state index in [1.54, 1.807) is 0 Å². The summed E-state index contributed by atoms with van der Waals surface area (Å²) in [5, 5.41) is 24.2. The Morgan fingerprint density at radius 3 is 2.19 bits per heavy atom. The topological polar surface area (TPSA) is 64.5 Å². The summed E-state index contributed by atoms with van der Waals surface area (Å²) < 4.78 is 0. The van der Waals surface area contributed by atoms with E-state index in [4.69, 9.17) is 21.8 Å². The lowest BCUT2D eigenvalue weighted by Gasteiger charge is -2.13. The first kappa shape index (κ1) is 13.1. The molecule has 0 saturated heterocycles. The van der Waals surface area contributed by atoms with Crippen LogP contribution >= 0.6 is 11.6 Å². The average molecular weight is 245 g/mol. The monoisotopic (exact) mass is 244 g/mol. The van der Waals surface area contributed by atoms with Crippen molar-refractivity contribution < 1.29 is 10.2 Å². The summed E-state index contributed by atoms with van der Waals surface area (Å²) in [6.45, 7) is 3.05. The molecule has 1 aromatic carbocycles. The molecule has 0 fully saturated rings. The lowest BCUT2D eigenvalue weighted by Crippen LogP contribution is -2.09. The molecule has 0 saturated carbocycles. The third-order valence-electron chi connectivity index (χ3n) is 2.17. The number of aliphatic hydroxyl groups excluding tert-OH is 2. The van der Waals surface area contributed by atoms with Crippen LogP contribution in [0.4, 0.5) is 11.4 Å². The lowest BCUT2D eigenvalue weighted by molar-refractivity contribution is 0.311. The van der Waals surface area contributed by atoms with Crippen LogP contribution in [-0.4, -0.2) is 36.5 Å². The van der Waals surface area contributed by atoms with Gasteiger partial charge < -0.3 is 20.8 Å². The van der Waals surface area contributed by atoms with Crippen LogP contribution in [0.3, 0.4) is 0 Å². The molecule has 0 bridgehead atoms. The first-order chi connectivity index (χ1) is 7.69. The SMILES string of the molecule is Cc1cc(Cl)c(NCCO)cc1NCCO. The van der Waals surface area contributed by atoms with Crippen molar-refractivity contribution >= 4 is 23.0 Å². The fourth-order valence-corrected chi connectivity index (χ4v) is 1.66. The molecule has 4 nitrogen and oxygen atoms in total. The van der Waals surface area contributed by atoms with E-state index >= 15 is 0 Å². The molecule has 16 heavy (non-hydrogen) atoms. The van der Waals surface area contributed by atoms with Gasteiger partial charge in [-0.05, 0) is 24.6 Å². The number of anilines is 2. The van der Waals surface area contributed by atoms with Crippen LogP contribution in [0.25, 0.3) is 0 Å². The molecule has 0 amide bonds. The van der Waals surface area contributed by atoms with Crippen molar-refractivity contribution in [3.8, 4) is 0 Å². The predicted molar refractivity (Wildman–Crippen MR) is 67.3 cm³/mol. The van der Waals surface area contributed by atoms with Crippen LogP contribution in [0.1, 0.15) is 5.56 Å². The molecule has 1 aromatic rings. The molecule has 0 aliphatic rings. The lowest BCUT2D eigenvalue weighted by atomic mass is 10.1. The minimum Gasteiger partial charge on any atom is -0.395 e. The summed E-state index contributed by atoms with van der Waals surface area (Å²) in [6.07, 6.45) is 0. The summed E-state index contributed by atoms with van der Waals surface area (Å²) in [6, 6.07) is 3.73. The molecule has 0 aromatic heterocycles. The van der Waals surface area contributed by atoms with E-state index in [-0.39, 0.29) is 13.2 Å². The highest BCUT2D eigenvalue weighted by atomic mass is 35.5. The van der Waals surface area contributed by atoms with Crippen LogP contribution in [0.15, 0.2) is 12.1 Å². The Labute approximate surface area is 100 Å². The average Bonchev–Trinajstić information content (AvgIpc) is 2.26. The zero-order valence-electron chi connectivity index (χ0n) is 9.26. The number of rotatable bonds is 6. The summed E-state index contributed by atoms with van der Waals surface area (Å²) in [5.74, 6) is 0. The summed E-state index contributed by atoms with van der Waals surface area (Å²) >= 11 is 6.05. The zero-order chi connectivity index (χ0) is 12.0. The van der Waals surface area contributed by atoms with Gasteiger partial charge in [-0.1, -0.05) is 11.6 Å². The Hall–Kier alpha value is -0.970. The molecule has 0 radical (unpaired) electrons. The van der Waals surface area contributed by atoms with Gasteiger partial charge in [0.05, 0.1) is 23.9 Å². The number of halogens is 1. The molecule has 90 valence electrons. The fraction of sp³-hybridized carbons (Fsp3) is 0.455. The van der Waals surface area contributed by atoms with E-state index in [2.05, 4.69) is 10.6 Å². The van der Waals surface area contributed by atoms with Gasteiger partial charge in [0.15, 0.2) is 0 Å². The van der Waals surface area contributed by atoms with Gasteiger partial charge in [0.25, 0.3) is 0 Å². The molecular weight excluding hydrogens is 228 g/mol. The van der Waals surface area contributed by atoms with Gasteiger partial charge in [0.2, 0.25) is 0 Å². The maximum atomic E-state index is 8.75. The second-order valence-corrected chi connectivity index (χ2v) is 3.85. The smallest absolute Gasteiger partial charge is 0.0641 e. The van der Waals surface area contributed by atoms with E-state index in [1.807, 2.05) is 19.1 Å².